The van der Waals surface area contributed by atoms with Crippen LogP contribution < -0.4 is 4.72 Å². The average Bonchev–Trinajstić information content (AvgIpc) is 2.82. The molecule has 1 aliphatic rings. The average molecular weight is 304 g/mol. The van der Waals surface area contributed by atoms with E-state index < -0.39 is 10.2 Å². The van der Waals surface area contributed by atoms with Gasteiger partial charge < -0.3 is 5.11 Å². The molecule has 7 heteroatoms. The van der Waals surface area contributed by atoms with Gasteiger partial charge >= 0.3 is 0 Å². The first-order chi connectivity index (χ1) is 9.01. The summed E-state index contributed by atoms with van der Waals surface area (Å²) in [7, 11) is -3.40. The van der Waals surface area contributed by atoms with Crippen LogP contribution in [-0.2, 0) is 16.8 Å². The molecule has 0 atom stereocenters. The van der Waals surface area contributed by atoms with Gasteiger partial charge in [-0.05, 0) is 37.8 Å². The summed E-state index contributed by atoms with van der Waals surface area (Å²) in [4.78, 5) is 2.20. The minimum Gasteiger partial charge on any atom is -0.396 e. The number of aryl methyl sites for hydroxylation is 1. The van der Waals surface area contributed by atoms with Crippen LogP contribution >= 0.6 is 11.3 Å². The van der Waals surface area contributed by atoms with E-state index in [1.165, 1.54) is 9.18 Å². The molecule has 1 aromatic heterocycles. The standard InChI is InChI=1S/C12H20N2O3S2/c1-10-2-3-12(18-10)8-13-19(16,17)14-6-4-11(9-15)5-7-14/h2-3,11,13,15H,4-9H2,1H3. The second kappa shape index (κ2) is 6.32. The normalized spacial score (nSPS) is 18.8. The quantitative estimate of drug-likeness (QED) is 0.856. The molecule has 2 N–H and O–H groups in total. The lowest BCUT2D eigenvalue weighted by atomic mass is 10.00. The molecule has 1 fully saturated rings. The van der Waals surface area contributed by atoms with Crippen LogP contribution in [0.2, 0.25) is 0 Å². The van der Waals surface area contributed by atoms with Crippen LogP contribution in [0.3, 0.4) is 0 Å². The van der Waals surface area contributed by atoms with E-state index in [4.69, 9.17) is 5.11 Å². The Hall–Kier alpha value is -0.470. The molecule has 0 radical (unpaired) electrons. The van der Waals surface area contributed by atoms with Gasteiger partial charge in [0.05, 0.1) is 0 Å². The van der Waals surface area contributed by atoms with E-state index in [9.17, 15) is 8.42 Å². The van der Waals surface area contributed by atoms with Crippen molar-refractivity contribution in [1.82, 2.24) is 9.03 Å². The highest BCUT2D eigenvalue weighted by Crippen LogP contribution is 2.19. The zero-order valence-corrected chi connectivity index (χ0v) is 12.6. The van der Waals surface area contributed by atoms with Crippen molar-refractivity contribution in [2.45, 2.75) is 26.3 Å². The maximum Gasteiger partial charge on any atom is 0.279 e. The first-order valence-corrected chi connectivity index (χ1v) is 8.68. The van der Waals surface area contributed by atoms with E-state index in [1.807, 2.05) is 19.1 Å². The zero-order chi connectivity index (χ0) is 13.9. The van der Waals surface area contributed by atoms with Gasteiger partial charge in [-0.3, -0.25) is 0 Å². The van der Waals surface area contributed by atoms with Crippen molar-refractivity contribution in [1.29, 1.82) is 0 Å². The van der Waals surface area contributed by atoms with E-state index in [2.05, 4.69) is 4.72 Å². The molecule has 19 heavy (non-hydrogen) atoms. The number of thiophene rings is 1. The maximum absolute atomic E-state index is 12.1. The molecule has 0 amide bonds. The second-order valence-corrected chi connectivity index (χ2v) is 7.99. The molecule has 2 heterocycles. The van der Waals surface area contributed by atoms with E-state index in [1.54, 1.807) is 11.3 Å². The third-order valence-corrected chi connectivity index (χ3v) is 5.95. The number of nitrogens with one attached hydrogen (secondary N) is 1. The fourth-order valence-electron chi connectivity index (χ4n) is 2.17. The van der Waals surface area contributed by atoms with E-state index in [-0.39, 0.29) is 12.5 Å². The zero-order valence-electron chi connectivity index (χ0n) is 11.0. The molecule has 0 aliphatic carbocycles. The molecule has 1 saturated heterocycles. The van der Waals surface area contributed by atoms with Gasteiger partial charge in [0.25, 0.3) is 10.2 Å². The molecule has 0 saturated carbocycles. The SMILES string of the molecule is Cc1ccc(CNS(=O)(=O)N2CCC(CO)CC2)s1. The summed E-state index contributed by atoms with van der Waals surface area (Å²) in [5, 5.41) is 9.05. The Kier molecular flexibility index (Phi) is 4.97. The monoisotopic (exact) mass is 304 g/mol. The number of hydrogen-bond donors (Lipinski definition) is 2. The predicted octanol–water partition coefficient (Wildman–Crippen LogP) is 1.10. The fourth-order valence-corrected chi connectivity index (χ4v) is 4.30. The Labute approximate surface area is 118 Å². The highest BCUT2D eigenvalue weighted by atomic mass is 32.2. The summed E-state index contributed by atoms with van der Waals surface area (Å²) < 4.78 is 28.3. The molecule has 0 spiro atoms. The molecular weight excluding hydrogens is 284 g/mol. The largest absolute Gasteiger partial charge is 0.396 e. The van der Waals surface area contributed by atoms with Crippen LogP contribution in [0.1, 0.15) is 22.6 Å². The van der Waals surface area contributed by atoms with E-state index >= 15 is 0 Å². The van der Waals surface area contributed by atoms with Crippen LogP contribution in [0.25, 0.3) is 0 Å². The van der Waals surface area contributed by atoms with Crippen molar-refractivity contribution in [2.75, 3.05) is 19.7 Å². The van der Waals surface area contributed by atoms with Gasteiger partial charge in [0, 0.05) is 36.0 Å². The van der Waals surface area contributed by atoms with Crippen molar-refractivity contribution in [3.05, 3.63) is 21.9 Å². The second-order valence-electron chi connectivity index (χ2n) is 4.86. The predicted molar refractivity (Wildman–Crippen MR) is 76.2 cm³/mol. The fraction of sp³-hybridized carbons (Fsp3) is 0.667. The molecule has 0 bridgehead atoms. The van der Waals surface area contributed by atoms with Gasteiger partial charge in [-0.25, -0.2) is 0 Å². The maximum atomic E-state index is 12.1. The molecule has 5 nitrogen and oxygen atoms in total. The van der Waals surface area contributed by atoms with Crippen molar-refractivity contribution >= 4 is 21.5 Å². The number of nitrogens with zero attached hydrogens (tertiary/aromatic N) is 1. The highest BCUT2D eigenvalue weighted by Gasteiger charge is 2.27. The van der Waals surface area contributed by atoms with Gasteiger partial charge in [0.1, 0.15) is 0 Å². The Bertz CT molecular complexity index is 505. The van der Waals surface area contributed by atoms with Crippen LogP contribution in [0.4, 0.5) is 0 Å². The van der Waals surface area contributed by atoms with Gasteiger partial charge in [0.2, 0.25) is 0 Å². The smallest absolute Gasteiger partial charge is 0.279 e. The molecule has 1 aromatic rings. The van der Waals surface area contributed by atoms with Crippen LogP contribution in [0.15, 0.2) is 12.1 Å². The molecule has 108 valence electrons. The van der Waals surface area contributed by atoms with Crippen molar-refractivity contribution in [2.24, 2.45) is 5.92 Å². The van der Waals surface area contributed by atoms with E-state index in [0.29, 0.717) is 19.6 Å². The number of aliphatic hydroxyl groups is 1. The lowest BCUT2D eigenvalue weighted by Gasteiger charge is -2.30. The Morgan fingerprint density at radius 1 is 1.42 bits per heavy atom. The van der Waals surface area contributed by atoms with Crippen LogP contribution in [0.5, 0.6) is 0 Å². The van der Waals surface area contributed by atoms with Gasteiger partial charge in [-0.15, -0.1) is 11.3 Å². The Morgan fingerprint density at radius 3 is 2.63 bits per heavy atom. The summed E-state index contributed by atoms with van der Waals surface area (Å²) in [6.45, 7) is 3.48. The third kappa shape index (κ3) is 4.00. The Morgan fingerprint density at radius 2 is 2.11 bits per heavy atom. The highest BCUT2D eigenvalue weighted by molar-refractivity contribution is 7.87. The van der Waals surface area contributed by atoms with Crippen LogP contribution in [0, 0.1) is 12.8 Å². The van der Waals surface area contributed by atoms with Crippen molar-refractivity contribution in [3.63, 3.8) is 0 Å². The number of aliphatic hydroxyl groups excluding tert-OH is 1. The molecule has 1 aliphatic heterocycles. The number of piperidine rings is 1. The van der Waals surface area contributed by atoms with Crippen LogP contribution in [-0.4, -0.2) is 37.5 Å². The molecule has 0 aromatic carbocycles. The lowest BCUT2D eigenvalue weighted by molar-refractivity contribution is 0.169. The Balaban J connectivity index is 1.88. The van der Waals surface area contributed by atoms with Gasteiger partial charge in [0.15, 0.2) is 0 Å². The number of hydrogen-bond acceptors (Lipinski definition) is 4. The summed E-state index contributed by atoms with van der Waals surface area (Å²) >= 11 is 1.60. The van der Waals surface area contributed by atoms with Gasteiger partial charge in [-0.2, -0.15) is 17.4 Å². The topological polar surface area (TPSA) is 69.6 Å². The van der Waals surface area contributed by atoms with Crippen molar-refractivity contribution < 1.29 is 13.5 Å². The molecule has 0 unspecified atom stereocenters. The summed E-state index contributed by atoms with van der Waals surface area (Å²) in [6, 6.07) is 3.93. The number of rotatable bonds is 5. The summed E-state index contributed by atoms with van der Waals surface area (Å²) in [6.07, 6.45) is 1.46. The van der Waals surface area contributed by atoms with Crippen molar-refractivity contribution in [3.8, 4) is 0 Å². The third-order valence-electron chi connectivity index (χ3n) is 3.40. The minimum absolute atomic E-state index is 0.149. The first-order valence-electron chi connectivity index (χ1n) is 6.42. The lowest BCUT2D eigenvalue weighted by Crippen LogP contribution is -2.45. The first kappa shape index (κ1) is 14.9. The summed E-state index contributed by atoms with van der Waals surface area (Å²) in [5.41, 5.74) is 0. The van der Waals surface area contributed by atoms with E-state index in [0.717, 1.165) is 17.7 Å². The van der Waals surface area contributed by atoms with Gasteiger partial charge in [-0.1, -0.05) is 0 Å². The molecular formula is C12H20N2O3S2. The molecule has 2 rings (SSSR count). The minimum atomic E-state index is -3.40. The summed E-state index contributed by atoms with van der Waals surface area (Å²) in [5.74, 6) is 0.242.